The van der Waals surface area contributed by atoms with Crippen molar-refractivity contribution in [2.24, 2.45) is 0 Å². The summed E-state index contributed by atoms with van der Waals surface area (Å²) in [5.74, 6) is 0.0507. The minimum absolute atomic E-state index is 0.0507. The molecule has 0 aliphatic carbocycles. The Kier molecular flexibility index (Phi) is 5.18. The van der Waals surface area contributed by atoms with Crippen molar-refractivity contribution >= 4 is 29.1 Å². The first-order valence-electron chi connectivity index (χ1n) is 7.26. The van der Waals surface area contributed by atoms with Gasteiger partial charge in [-0.05, 0) is 64.0 Å². The second kappa shape index (κ2) is 6.55. The van der Waals surface area contributed by atoms with E-state index in [1.165, 1.54) is 0 Å². The Hall–Kier alpha value is -0.770. The highest BCUT2D eigenvalue weighted by atomic mass is 35.5. The van der Waals surface area contributed by atoms with Crippen molar-refractivity contribution in [1.82, 2.24) is 10.2 Å². The molecule has 0 aromatic heterocycles. The highest BCUT2D eigenvalue weighted by Gasteiger charge is 2.29. The number of amides is 1. The number of hydrogen-bond acceptors (Lipinski definition) is 2. The molecule has 1 atom stereocenters. The van der Waals surface area contributed by atoms with Gasteiger partial charge in [-0.25, -0.2) is 0 Å². The smallest absolute Gasteiger partial charge is 0.222 e. The van der Waals surface area contributed by atoms with Crippen molar-refractivity contribution in [3.8, 4) is 0 Å². The van der Waals surface area contributed by atoms with Crippen molar-refractivity contribution in [2.75, 3.05) is 13.6 Å². The molecule has 1 aromatic carbocycles. The van der Waals surface area contributed by atoms with Gasteiger partial charge < -0.3 is 10.2 Å². The van der Waals surface area contributed by atoms with Crippen LogP contribution in [0.4, 0.5) is 0 Å². The standard InChI is InChI=1S/C16H22Cl2N2O/c1-16(2,13-9-11(17)6-7-14(13)18)19-15(21)10-12-5-4-8-20(12)3/h6-7,9,12H,4-5,8,10H2,1-3H3,(H,19,21). The van der Waals surface area contributed by atoms with E-state index in [-0.39, 0.29) is 5.91 Å². The molecule has 3 nitrogen and oxygen atoms in total. The Labute approximate surface area is 136 Å². The maximum absolute atomic E-state index is 12.3. The van der Waals surface area contributed by atoms with Crippen LogP contribution >= 0.6 is 23.2 Å². The molecular weight excluding hydrogens is 307 g/mol. The molecule has 1 aromatic rings. The van der Waals surface area contributed by atoms with Crippen molar-refractivity contribution in [2.45, 2.75) is 44.7 Å². The molecule has 5 heteroatoms. The number of nitrogens with one attached hydrogen (secondary N) is 1. The molecule has 1 N–H and O–H groups in total. The fraction of sp³-hybridized carbons (Fsp3) is 0.562. The van der Waals surface area contributed by atoms with Crippen molar-refractivity contribution in [3.63, 3.8) is 0 Å². The maximum atomic E-state index is 12.3. The van der Waals surface area contributed by atoms with Crippen LogP contribution in [-0.2, 0) is 10.3 Å². The van der Waals surface area contributed by atoms with Crippen LogP contribution in [0, 0.1) is 0 Å². The molecule has 1 unspecified atom stereocenters. The first kappa shape index (κ1) is 16.6. The number of carbonyl (C=O) groups excluding carboxylic acids is 1. The average molecular weight is 329 g/mol. The Bertz CT molecular complexity index is 531. The molecule has 21 heavy (non-hydrogen) atoms. The van der Waals surface area contributed by atoms with Gasteiger partial charge in [0.15, 0.2) is 0 Å². The third kappa shape index (κ3) is 4.12. The number of carbonyl (C=O) groups is 1. The largest absolute Gasteiger partial charge is 0.347 e. The van der Waals surface area contributed by atoms with E-state index in [9.17, 15) is 4.79 Å². The van der Waals surface area contributed by atoms with E-state index in [0.29, 0.717) is 22.5 Å². The van der Waals surface area contributed by atoms with E-state index in [4.69, 9.17) is 23.2 Å². The van der Waals surface area contributed by atoms with Crippen molar-refractivity contribution in [1.29, 1.82) is 0 Å². The summed E-state index contributed by atoms with van der Waals surface area (Å²) in [6, 6.07) is 5.67. The fourth-order valence-electron chi connectivity index (χ4n) is 2.89. The first-order valence-corrected chi connectivity index (χ1v) is 8.02. The lowest BCUT2D eigenvalue weighted by Crippen LogP contribution is -2.43. The van der Waals surface area contributed by atoms with Gasteiger partial charge in [0, 0.05) is 22.5 Å². The summed E-state index contributed by atoms with van der Waals surface area (Å²) in [4.78, 5) is 14.6. The van der Waals surface area contributed by atoms with Crippen LogP contribution < -0.4 is 5.32 Å². The summed E-state index contributed by atoms with van der Waals surface area (Å²) in [5, 5.41) is 4.31. The molecule has 1 fully saturated rings. The summed E-state index contributed by atoms with van der Waals surface area (Å²) in [6.45, 7) is 4.96. The summed E-state index contributed by atoms with van der Waals surface area (Å²) < 4.78 is 0. The summed E-state index contributed by atoms with van der Waals surface area (Å²) in [7, 11) is 2.07. The van der Waals surface area contributed by atoms with Crippen LogP contribution in [0.25, 0.3) is 0 Å². The number of hydrogen-bond donors (Lipinski definition) is 1. The van der Waals surface area contributed by atoms with Crippen LogP contribution in [-0.4, -0.2) is 30.4 Å². The summed E-state index contributed by atoms with van der Waals surface area (Å²) >= 11 is 12.3. The number of halogens is 2. The lowest BCUT2D eigenvalue weighted by atomic mass is 9.93. The minimum atomic E-state index is -0.545. The molecule has 0 spiro atoms. The zero-order chi connectivity index (χ0) is 15.6. The molecule has 1 heterocycles. The van der Waals surface area contributed by atoms with Gasteiger partial charge in [-0.2, -0.15) is 0 Å². The number of likely N-dealkylation sites (tertiary alicyclic amines) is 1. The zero-order valence-electron chi connectivity index (χ0n) is 12.7. The lowest BCUT2D eigenvalue weighted by Gasteiger charge is -2.29. The van der Waals surface area contributed by atoms with Gasteiger partial charge in [-0.3, -0.25) is 4.79 Å². The second-order valence-corrected chi connectivity index (χ2v) is 7.12. The Morgan fingerprint density at radius 3 is 2.76 bits per heavy atom. The van der Waals surface area contributed by atoms with Crippen LogP contribution in [0.3, 0.4) is 0 Å². The molecule has 1 aliphatic rings. The molecule has 2 rings (SSSR count). The topological polar surface area (TPSA) is 32.3 Å². The fourth-order valence-corrected chi connectivity index (χ4v) is 3.42. The molecule has 1 amide bonds. The highest BCUT2D eigenvalue weighted by molar-refractivity contribution is 6.33. The van der Waals surface area contributed by atoms with E-state index < -0.39 is 5.54 Å². The van der Waals surface area contributed by atoms with Gasteiger partial charge >= 0.3 is 0 Å². The number of rotatable bonds is 4. The minimum Gasteiger partial charge on any atom is -0.347 e. The van der Waals surface area contributed by atoms with Gasteiger partial charge in [0.25, 0.3) is 0 Å². The van der Waals surface area contributed by atoms with Gasteiger partial charge in [-0.15, -0.1) is 0 Å². The first-order chi connectivity index (χ1) is 9.79. The summed E-state index contributed by atoms with van der Waals surface area (Å²) in [6.07, 6.45) is 2.78. The normalized spacial score (nSPS) is 19.8. The van der Waals surface area contributed by atoms with Gasteiger partial charge in [-0.1, -0.05) is 23.2 Å². The van der Waals surface area contributed by atoms with E-state index in [1.54, 1.807) is 12.1 Å². The Morgan fingerprint density at radius 1 is 1.43 bits per heavy atom. The summed E-state index contributed by atoms with van der Waals surface area (Å²) in [5.41, 5.74) is 0.292. The monoisotopic (exact) mass is 328 g/mol. The Balaban J connectivity index is 2.06. The van der Waals surface area contributed by atoms with Crippen LogP contribution in [0.1, 0.15) is 38.7 Å². The maximum Gasteiger partial charge on any atom is 0.222 e. The molecule has 1 aliphatic heterocycles. The molecular formula is C16H22Cl2N2O. The van der Waals surface area contributed by atoms with Gasteiger partial charge in [0.05, 0.1) is 5.54 Å². The molecule has 116 valence electrons. The van der Waals surface area contributed by atoms with E-state index >= 15 is 0 Å². The molecule has 0 saturated carbocycles. The van der Waals surface area contributed by atoms with E-state index in [1.807, 2.05) is 19.9 Å². The Morgan fingerprint density at radius 2 is 2.14 bits per heavy atom. The second-order valence-electron chi connectivity index (χ2n) is 6.28. The number of nitrogens with zero attached hydrogens (tertiary/aromatic N) is 1. The quantitative estimate of drug-likeness (QED) is 0.910. The number of benzene rings is 1. The predicted molar refractivity (Wildman–Crippen MR) is 87.9 cm³/mol. The molecule has 0 radical (unpaired) electrons. The highest BCUT2D eigenvalue weighted by Crippen LogP contribution is 2.30. The van der Waals surface area contributed by atoms with Crippen LogP contribution in [0.2, 0.25) is 10.0 Å². The molecule has 0 bridgehead atoms. The van der Waals surface area contributed by atoms with E-state index in [0.717, 1.165) is 24.9 Å². The third-order valence-electron chi connectivity index (χ3n) is 4.15. The lowest BCUT2D eigenvalue weighted by molar-refractivity contribution is -0.123. The SMILES string of the molecule is CN1CCCC1CC(=O)NC(C)(C)c1cc(Cl)ccc1Cl. The van der Waals surface area contributed by atoms with Crippen LogP contribution in [0.15, 0.2) is 18.2 Å². The van der Waals surface area contributed by atoms with Crippen molar-refractivity contribution < 1.29 is 4.79 Å². The van der Waals surface area contributed by atoms with E-state index in [2.05, 4.69) is 17.3 Å². The van der Waals surface area contributed by atoms with Gasteiger partial charge in [0.1, 0.15) is 0 Å². The third-order valence-corrected chi connectivity index (χ3v) is 4.71. The zero-order valence-corrected chi connectivity index (χ0v) is 14.3. The average Bonchev–Trinajstić information content (AvgIpc) is 2.77. The molecule has 1 saturated heterocycles. The van der Waals surface area contributed by atoms with Gasteiger partial charge in [0.2, 0.25) is 5.91 Å². The predicted octanol–water partition coefficient (Wildman–Crippen LogP) is 3.83. The van der Waals surface area contributed by atoms with Crippen LogP contribution in [0.5, 0.6) is 0 Å². The van der Waals surface area contributed by atoms with Crippen molar-refractivity contribution in [3.05, 3.63) is 33.8 Å².